The minimum absolute atomic E-state index is 1.01. The fraction of sp³-hybridized carbons (Fsp3) is 0. The maximum Gasteiger partial charge on any atom is 0.0697 e. The summed E-state index contributed by atoms with van der Waals surface area (Å²) in [6, 6.07) is 45.0. The van der Waals surface area contributed by atoms with Crippen LogP contribution in [0.5, 0.6) is 0 Å². The first-order valence-corrected chi connectivity index (χ1v) is 13.6. The average molecular weight is 462 g/mol. The number of nitrogens with zero attached hydrogens (tertiary/aromatic N) is 1. The molecule has 1 aromatic heterocycles. The SMILES string of the molecule is C(=C/c1ccccc1N=P(c1ccccc1)(c1ccccc1)c1ccccc1)/c1cccs1. The number of hydrogen-bond donors (Lipinski definition) is 0. The van der Waals surface area contributed by atoms with E-state index in [4.69, 9.17) is 4.74 Å². The third kappa shape index (κ3) is 4.54. The second-order valence-corrected chi connectivity index (χ2v) is 11.6. The summed E-state index contributed by atoms with van der Waals surface area (Å²) in [4.78, 5) is 1.24. The molecule has 3 heteroatoms. The third-order valence-electron chi connectivity index (χ3n) is 5.55. The molecule has 160 valence electrons. The van der Waals surface area contributed by atoms with Crippen LogP contribution in [0, 0.1) is 0 Å². The van der Waals surface area contributed by atoms with Crippen molar-refractivity contribution >= 4 is 52.1 Å². The van der Waals surface area contributed by atoms with Crippen molar-refractivity contribution < 1.29 is 0 Å². The van der Waals surface area contributed by atoms with Gasteiger partial charge in [-0.1, -0.05) is 121 Å². The lowest BCUT2D eigenvalue weighted by molar-refractivity contribution is 1.52. The summed E-state index contributed by atoms with van der Waals surface area (Å²) in [7, 11) is -2.29. The van der Waals surface area contributed by atoms with Crippen molar-refractivity contribution in [3.05, 3.63) is 143 Å². The van der Waals surface area contributed by atoms with E-state index >= 15 is 0 Å². The Bertz CT molecular complexity index is 1290. The maximum absolute atomic E-state index is 5.66. The Kier molecular flexibility index (Phi) is 6.48. The molecule has 0 bridgehead atoms. The van der Waals surface area contributed by atoms with Gasteiger partial charge in [0.25, 0.3) is 0 Å². The Hall–Kier alpha value is -3.45. The van der Waals surface area contributed by atoms with Crippen molar-refractivity contribution in [2.45, 2.75) is 0 Å². The van der Waals surface area contributed by atoms with Gasteiger partial charge < -0.3 is 0 Å². The summed E-state index contributed by atoms with van der Waals surface area (Å²) in [6.45, 7) is 0. The molecule has 33 heavy (non-hydrogen) atoms. The molecule has 0 saturated heterocycles. The lowest BCUT2D eigenvalue weighted by Crippen LogP contribution is -2.25. The summed E-state index contributed by atoms with van der Waals surface area (Å²) in [5.41, 5.74) is 2.13. The monoisotopic (exact) mass is 461 g/mol. The highest BCUT2D eigenvalue weighted by Crippen LogP contribution is 2.49. The molecule has 4 aromatic carbocycles. The number of rotatable bonds is 6. The highest BCUT2D eigenvalue weighted by Gasteiger charge is 2.27. The molecule has 1 heterocycles. The standard InChI is InChI=1S/C30H24NPS/c1-4-14-26(15-5-1)32(27-16-6-2-7-17-27,28-18-8-3-9-19-28)31-30-21-11-10-13-25(30)22-23-29-20-12-24-33-29/h1-24H/b23-22-. The lowest BCUT2D eigenvalue weighted by atomic mass is 10.1. The van der Waals surface area contributed by atoms with Gasteiger partial charge in [0.1, 0.15) is 0 Å². The van der Waals surface area contributed by atoms with Gasteiger partial charge in [-0.05, 0) is 23.6 Å². The van der Waals surface area contributed by atoms with Crippen molar-refractivity contribution in [3.8, 4) is 0 Å². The van der Waals surface area contributed by atoms with E-state index in [0.717, 1.165) is 11.3 Å². The zero-order valence-electron chi connectivity index (χ0n) is 18.2. The van der Waals surface area contributed by atoms with E-state index in [1.807, 2.05) is 0 Å². The molecule has 5 rings (SSSR count). The van der Waals surface area contributed by atoms with Gasteiger partial charge in [0, 0.05) is 26.4 Å². The van der Waals surface area contributed by atoms with Crippen molar-refractivity contribution in [1.29, 1.82) is 0 Å². The van der Waals surface area contributed by atoms with Gasteiger partial charge in [0.05, 0.1) is 12.7 Å². The predicted molar refractivity (Wildman–Crippen MR) is 147 cm³/mol. The van der Waals surface area contributed by atoms with Gasteiger partial charge in [-0.25, -0.2) is 0 Å². The Morgan fingerprint density at radius 1 is 0.515 bits per heavy atom. The summed E-state index contributed by atoms with van der Waals surface area (Å²) in [5, 5.41) is 5.85. The largest absolute Gasteiger partial charge is 0.253 e. The topological polar surface area (TPSA) is 12.4 Å². The number of hydrogen-bond acceptors (Lipinski definition) is 2. The maximum atomic E-state index is 5.66. The van der Waals surface area contributed by atoms with E-state index in [0.29, 0.717) is 0 Å². The van der Waals surface area contributed by atoms with Crippen LogP contribution < -0.4 is 15.9 Å². The molecule has 0 aliphatic rings. The fourth-order valence-corrected chi connectivity index (χ4v) is 8.17. The highest BCUT2D eigenvalue weighted by molar-refractivity contribution is 7.87. The Morgan fingerprint density at radius 2 is 1.03 bits per heavy atom. The highest BCUT2D eigenvalue weighted by atomic mass is 32.1. The van der Waals surface area contributed by atoms with Crippen LogP contribution in [0.3, 0.4) is 0 Å². The third-order valence-corrected chi connectivity index (χ3v) is 10.0. The van der Waals surface area contributed by atoms with Crippen molar-refractivity contribution in [2.24, 2.45) is 4.74 Å². The quantitative estimate of drug-likeness (QED) is 0.230. The molecule has 0 aliphatic carbocycles. The van der Waals surface area contributed by atoms with E-state index in [1.165, 1.54) is 20.8 Å². The molecule has 0 aliphatic heterocycles. The fourth-order valence-electron chi connectivity index (χ4n) is 3.99. The van der Waals surface area contributed by atoms with Crippen molar-refractivity contribution in [3.63, 3.8) is 0 Å². The molecular formula is C30H24NPS. The first-order chi connectivity index (χ1) is 16.4. The molecule has 0 saturated carbocycles. The predicted octanol–water partition coefficient (Wildman–Crippen LogP) is 7.73. The summed E-state index contributed by atoms with van der Waals surface area (Å²) in [5.74, 6) is 0. The second kappa shape index (κ2) is 10.0. The van der Waals surface area contributed by atoms with Crippen LogP contribution in [-0.4, -0.2) is 0 Å². The van der Waals surface area contributed by atoms with Gasteiger partial charge in [-0.15, -0.1) is 11.3 Å². The van der Waals surface area contributed by atoms with Crippen LogP contribution in [0.15, 0.2) is 138 Å². The van der Waals surface area contributed by atoms with E-state index < -0.39 is 7.05 Å². The Balaban J connectivity index is 1.81. The van der Waals surface area contributed by atoms with E-state index in [1.54, 1.807) is 11.3 Å². The second-order valence-electron chi connectivity index (χ2n) is 7.65. The molecular weight excluding hydrogens is 437 g/mol. The van der Waals surface area contributed by atoms with Crippen LogP contribution in [-0.2, 0) is 0 Å². The summed E-state index contributed by atoms with van der Waals surface area (Å²) in [6.07, 6.45) is 4.35. The van der Waals surface area contributed by atoms with Gasteiger partial charge in [-0.3, -0.25) is 4.74 Å². The molecule has 0 radical (unpaired) electrons. The van der Waals surface area contributed by atoms with Crippen LogP contribution >= 0.6 is 18.4 Å². The molecule has 0 atom stereocenters. The lowest BCUT2D eigenvalue weighted by Gasteiger charge is -2.27. The van der Waals surface area contributed by atoms with Crippen molar-refractivity contribution in [1.82, 2.24) is 0 Å². The molecule has 5 aromatic rings. The van der Waals surface area contributed by atoms with Gasteiger partial charge in [-0.2, -0.15) is 0 Å². The molecule has 0 unspecified atom stereocenters. The zero-order valence-corrected chi connectivity index (χ0v) is 19.9. The van der Waals surface area contributed by atoms with Crippen LogP contribution in [0.4, 0.5) is 5.69 Å². The minimum Gasteiger partial charge on any atom is -0.253 e. The van der Waals surface area contributed by atoms with Gasteiger partial charge >= 0.3 is 0 Å². The normalized spacial score (nSPS) is 11.5. The Morgan fingerprint density at radius 3 is 1.55 bits per heavy atom. The van der Waals surface area contributed by atoms with Gasteiger partial charge in [0.15, 0.2) is 0 Å². The van der Waals surface area contributed by atoms with Crippen LogP contribution in [0.2, 0.25) is 0 Å². The van der Waals surface area contributed by atoms with E-state index in [-0.39, 0.29) is 0 Å². The smallest absolute Gasteiger partial charge is 0.0697 e. The van der Waals surface area contributed by atoms with Crippen LogP contribution in [0.25, 0.3) is 12.2 Å². The summed E-state index contributed by atoms with van der Waals surface area (Å²) < 4.78 is 5.66. The molecule has 0 spiro atoms. The first-order valence-electron chi connectivity index (χ1n) is 11.0. The Labute approximate surface area is 199 Å². The number of benzene rings is 4. The van der Waals surface area contributed by atoms with Crippen LogP contribution in [0.1, 0.15) is 10.4 Å². The molecule has 0 fully saturated rings. The molecule has 0 N–H and O–H groups in total. The average Bonchev–Trinajstić information content (AvgIpc) is 3.42. The van der Waals surface area contributed by atoms with E-state index in [9.17, 15) is 0 Å². The molecule has 1 nitrogen and oxygen atoms in total. The number of thiophene rings is 1. The minimum atomic E-state index is -2.29. The van der Waals surface area contributed by atoms with Gasteiger partial charge in [0.2, 0.25) is 0 Å². The van der Waals surface area contributed by atoms with Crippen molar-refractivity contribution in [2.75, 3.05) is 0 Å². The zero-order chi connectivity index (χ0) is 22.3. The van der Waals surface area contributed by atoms with E-state index in [2.05, 4.69) is 145 Å². The first kappa shape index (κ1) is 21.4. The summed E-state index contributed by atoms with van der Waals surface area (Å²) >= 11 is 1.74. The molecule has 0 amide bonds.